The summed E-state index contributed by atoms with van der Waals surface area (Å²) >= 11 is 5.96. The van der Waals surface area contributed by atoms with Crippen LogP contribution in [0.25, 0.3) is 0 Å². The number of halogens is 4. The molecular weight excluding hydrogens is 357 g/mol. The summed E-state index contributed by atoms with van der Waals surface area (Å²) in [4.78, 5) is 15.9. The Labute approximate surface area is 147 Å². The highest BCUT2D eigenvalue weighted by Gasteiger charge is 2.29. The molecule has 1 atom stereocenters. The minimum absolute atomic E-state index is 0.262. The van der Waals surface area contributed by atoms with E-state index in [0.717, 1.165) is 12.1 Å². The fraction of sp³-hybridized carbons (Fsp3) is 0.250. The number of rotatable bonds is 5. The summed E-state index contributed by atoms with van der Waals surface area (Å²) in [5.74, 6) is 0.501. The lowest BCUT2D eigenvalue weighted by molar-refractivity contribution is -0.137. The van der Waals surface area contributed by atoms with Gasteiger partial charge in [0.2, 0.25) is 0 Å². The van der Waals surface area contributed by atoms with E-state index >= 15 is 0 Å². The summed E-state index contributed by atoms with van der Waals surface area (Å²) in [5.41, 5.74) is -0.512. The first-order valence-electron chi connectivity index (χ1n) is 7.35. The molecule has 1 heterocycles. The fourth-order valence-electron chi connectivity index (χ4n) is 1.95. The Morgan fingerprint density at radius 3 is 2.52 bits per heavy atom. The van der Waals surface area contributed by atoms with Crippen molar-refractivity contribution < 1.29 is 18.0 Å². The van der Waals surface area contributed by atoms with Crippen LogP contribution in [0.2, 0.25) is 5.02 Å². The van der Waals surface area contributed by atoms with Crippen molar-refractivity contribution in [3.05, 3.63) is 53.2 Å². The third kappa shape index (κ3) is 5.82. The lowest BCUT2D eigenvalue weighted by Gasteiger charge is -2.16. The topological polar surface area (TPSA) is 66.0 Å². The lowest BCUT2D eigenvalue weighted by atomic mass is 10.2. The van der Waals surface area contributed by atoms with Crippen LogP contribution in [0.3, 0.4) is 0 Å². The minimum Gasteiger partial charge on any atom is -0.367 e. The van der Waals surface area contributed by atoms with Gasteiger partial charge in [-0.15, -0.1) is 0 Å². The SMILES string of the molecule is C[C@H](CNc1ncccc1Cl)NC(=O)Nc1ccc(C(F)(F)F)cc1. The number of alkyl halides is 3. The quantitative estimate of drug-likeness (QED) is 0.730. The van der Waals surface area contributed by atoms with Crippen LogP contribution < -0.4 is 16.0 Å². The highest BCUT2D eigenvalue weighted by Crippen LogP contribution is 2.29. The molecule has 9 heteroatoms. The molecule has 0 aliphatic heterocycles. The fourth-order valence-corrected chi connectivity index (χ4v) is 2.14. The smallest absolute Gasteiger partial charge is 0.367 e. The van der Waals surface area contributed by atoms with Crippen LogP contribution in [-0.4, -0.2) is 23.6 Å². The summed E-state index contributed by atoms with van der Waals surface area (Å²) in [6.45, 7) is 2.13. The Hall–Kier alpha value is -2.48. The Morgan fingerprint density at radius 1 is 1.24 bits per heavy atom. The zero-order valence-electron chi connectivity index (χ0n) is 13.2. The van der Waals surface area contributed by atoms with Crippen LogP contribution in [-0.2, 0) is 6.18 Å². The van der Waals surface area contributed by atoms with E-state index < -0.39 is 17.8 Å². The van der Waals surface area contributed by atoms with Crippen molar-refractivity contribution in [1.82, 2.24) is 10.3 Å². The van der Waals surface area contributed by atoms with Gasteiger partial charge in [0, 0.05) is 24.5 Å². The first-order chi connectivity index (χ1) is 11.8. The highest BCUT2D eigenvalue weighted by atomic mass is 35.5. The lowest BCUT2D eigenvalue weighted by Crippen LogP contribution is -2.40. The summed E-state index contributed by atoms with van der Waals surface area (Å²) < 4.78 is 37.5. The number of anilines is 2. The predicted octanol–water partition coefficient (Wildman–Crippen LogP) is 4.38. The number of nitrogens with zero attached hydrogens (tertiary/aromatic N) is 1. The number of carbonyl (C=O) groups excluding carboxylic acids is 1. The zero-order chi connectivity index (χ0) is 18.4. The van der Waals surface area contributed by atoms with E-state index in [-0.39, 0.29) is 11.7 Å². The first-order valence-corrected chi connectivity index (χ1v) is 7.72. The molecule has 134 valence electrons. The molecule has 0 fully saturated rings. The van der Waals surface area contributed by atoms with Crippen molar-refractivity contribution >= 4 is 29.1 Å². The molecule has 0 spiro atoms. The van der Waals surface area contributed by atoms with Gasteiger partial charge in [-0.1, -0.05) is 11.6 Å². The zero-order valence-corrected chi connectivity index (χ0v) is 13.9. The molecule has 0 saturated heterocycles. The standard InChI is InChI=1S/C16H16ClF3N4O/c1-10(9-22-14-13(17)3-2-8-21-14)23-15(25)24-12-6-4-11(5-7-12)16(18,19)20/h2-8,10H,9H2,1H3,(H,21,22)(H2,23,24,25)/t10-/m1/s1. The summed E-state index contributed by atoms with van der Waals surface area (Å²) in [5, 5.41) is 8.59. The molecule has 0 unspecified atom stereocenters. The van der Waals surface area contributed by atoms with Crippen molar-refractivity contribution in [1.29, 1.82) is 0 Å². The van der Waals surface area contributed by atoms with Gasteiger partial charge < -0.3 is 16.0 Å². The number of nitrogens with one attached hydrogen (secondary N) is 3. The average Bonchev–Trinajstić information content (AvgIpc) is 2.53. The molecule has 0 aliphatic rings. The Morgan fingerprint density at radius 2 is 1.92 bits per heavy atom. The van der Waals surface area contributed by atoms with Crippen LogP contribution in [0, 0.1) is 0 Å². The molecular formula is C16H16ClF3N4O. The summed E-state index contributed by atoms with van der Waals surface area (Å²) in [6.07, 6.45) is -2.82. The van der Waals surface area contributed by atoms with Crippen LogP contribution in [0.5, 0.6) is 0 Å². The second-order valence-electron chi connectivity index (χ2n) is 5.29. The van der Waals surface area contributed by atoms with Gasteiger partial charge in [-0.2, -0.15) is 13.2 Å². The van der Waals surface area contributed by atoms with Gasteiger partial charge in [-0.3, -0.25) is 0 Å². The van der Waals surface area contributed by atoms with Gasteiger partial charge in [-0.25, -0.2) is 9.78 Å². The second-order valence-corrected chi connectivity index (χ2v) is 5.70. The molecule has 2 aromatic rings. The van der Waals surface area contributed by atoms with Crippen LogP contribution >= 0.6 is 11.6 Å². The number of amides is 2. The van der Waals surface area contributed by atoms with Gasteiger partial charge in [0.25, 0.3) is 0 Å². The van der Waals surface area contributed by atoms with E-state index in [2.05, 4.69) is 20.9 Å². The third-order valence-electron chi connectivity index (χ3n) is 3.18. The molecule has 2 amide bonds. The number of urea groups is 1. The Bertz CT molecular complexity index is 722. The number of pyridine rings is 1. The molecule has 5 nitrogen and oxygen atoms in total. The number of benzene rings is 1. The molecule has 0 aliphatic carbocycles. The van der Waals surface area contributed by atoms with Crippen molar-refractivity contribution in [3.63, 3.8) is 0 Å². The normalized spacial score (nSPS) is 12.4. The maximum atomic E-state index is 12.5. The first kappa shape index (κ1) is 18.9. The molecule has 1 aromatic carbocycles. The number of aromatic nitrogens is 1. The van der Waals surface area contributed by atoms with E-state index in [1.54, 1.807) is 25.3 Å². The molecule has 0 saturated carbocycles. The van der Waals surface area contributed by atoms with Crippen molar-refractivity contribution in [2.45, 2.75) is 19.1 Å². The predicted molar refractivity (Wildman–Crippen MR) is 90.8 cm³/mol. The number of hydrogen-bond donors (Lipinski definition) is 3. The summed E-state index contributed by atoms with van der Waals surface area (Å²) in [7, 11) is 0. The third-order valence-corrected chi connectivity index (χ3v) is 3.49. The molecule has 25 heavy (non-hydrogen) atoms. The van der Waals surface area contributed by atoms with Crippen molar-refractivity contribution in [2.24, 2.45) is 0 Å². The van der Waals surface area contributed by atoms with Crippen molar-refractivity contribution in [3.8, 4) is 0 Å². The van der Waals surface area contributed by atoms with Gasteiger partial charge in [0.05, 0.1) is 10.6 Å². The van der Waals surface area contributed by atoms with E-state index in [9.17, 15) is 18.0 Å². The Kier molecular flexibility index (Phi) is 6.08. The van der Waals surface area contributed by atoms with Crippen LogP contribution in [0.4, 0.5) is 29.5 Å². The maximum absolute atomic E-state index is 12.5. The van der Waals surface area contributed by atoms with E-state index in [0.29, 0.717) is 17.4 Å². The molecule has 0 bridgehead atoms. The Balaban J connectivity index is 1.82. The van der Waals surface area contributed by atoms with Gasteiger partial charge >= 0.3 is 12.2 Å². The van der Waals surface area contributed by atoms with Gasteiger partial charge in [0.1, 0.15) is 5.82 Å². The van der Waals surface area contributed by atoms with Crippen molar-refractivity contribution in [2.75, 3.05) is 17.2 Å². The molecule has 1 aromatic heterocycles. The minimum atomic E-state index is -4.41. The second kappa shape index (κ2) is 8.06. The monoisotopic (exact) mass is 372 g/mol. The van der Waals surface area contributed by atoms with E-state index in [1.807, 2.05) is 0 Å². The van der Waals surface area contributed by atoms with E-state index in [1.165, 1.54) is 12.1 Å². The largest absolute Gasteiger partial charge is 0.416 e. The molecule has 3 N–H and O–H groups in total. The van der Waals surface area contributed by atoms with Gasteiger partial charge in [0.15, 0.2) is 0 Å². The summed E-state index contributed by atoms with van der Waals surface area (Å²) in [6, 6.07) is 6.79. The van der Waals surface area contributed by atoms with E-state index in [4.69, 9.17) is 11.6 Å². The maximum Gasteiger partial charge on any atom is 0.416 e. The van der Waals surface area contributed by atoms with Gasteiger partial charge in [-0.05, 0) is 43.3 Å². The molecule has 0 radical (unpaired) electrons. The molecule has 2 rings (SSSR count). The average molecular weight is 373 g/mol. The number of carbonyl (C=O) groups is 1. The highest BCUT2D eigenvalue weighted by molar-refractivity contribution is 6.32. The van der Waals surface area contributed by atoms with Crippen LogP contribution in [0.15, 0.2) is 42.6 Å². The van der Waals surface area contributed by atoms with Crippen LogP contribution in [0.1, 0.15) is 12.5 Å². The number of hydrogen-bond acceptors (Lipinski definition) is 3.